The van der Waals surface area contributed by atoms with Crippen molar-refractivity contribution in [1.82, 2.24) is 0 Å². The Kier molecular flexibility index (Phi) is 3.97. The van der Waals surface area contributed by atoms with Gasteiger partial charge in [0.25, 0.3) is 0 Å². The van der Waals surface area contributed by atoms with Gasteiger partial charge in [0.15, 0.2) is 0 Å². The summed E-state index contributed by atoms with van der Waals surface area (Å²) in [7, 11) is 0. The van der Waals surface area contributed by atoms with Crippen molar-refractivity contribution in [3.8, 4) is 5.75 Å². The zero-order valence-electron chi connectivity index (χ0n) is 9.86. The number of hydrogen-bond acceptors (Lipinski definition) is 3. The highest BCUT2D eigenvalue weighted by molar-refractivity contribution is 5.32. The maximum absolute atomic E-state index is 12.9. The fourth-order valence-electron chi connectivity index (χ4n) is 1.94. The van der Waals surface area contributed by atoms with Crippen molar-refractivity contribution in [2.24, 2.45) is 5.92 Å². The molecule has 1 aromatic carbocycles. The fourth-order valence-corrected chi connectivity index (χ4v) is 1.94. The number of aliphatic hydroxyl groups is 1. The first-order valence-corrected chi connectivity index (χ1v) is 5.81. The molecule has 0 aliphatic carbocycles. The van der Waals surface area contributed by atoms with Crippen LogP contribution < -0.4 is 4.74 Å². The number of ether oxygens (including phenoxy) is 2. The minimum absolute atomic E-state index is 0.149. The minimum Gasteiger partial charge on any atom is -0.491 e. The molecule has 0 aromatic heterocycles. The third-order valence-corrected chi connectivity index (χ3v) is 3.06. The van der Waals surface area contributed by atoms with Crippen LogP contribution in [0.1, 0.15) is 12.0 Å². The van der Waals surface area contributed by atoms with Gasteiger partial charge in [-0.25, -0.2) is 4.39 Å². The minimum atomic E-state index is -0.526. The SMILES string of the molecule is Cc1cc(F)ccc1OCC(O)C1CCOC1. The molecule has 2 atom stereocenters. The van der Waals surface area contributed by atoms with Crippen LogP contribution in [0.2, 0.25) is 0 Å². The molecule has 0 amide bonds. The van der Waals surface area contributed by atoms with Gasteiger partial charge in [-0.1, -0.05) is 0 Å². The molecule has 1 heterocycles. The second-order valence-electron chi connectivity index (χ2n) is 4.41. The number of halogens is 1. The highest BCUT2D eigenvalue weighted by Crippen LogP contribution is 2.21. The second-order valence-corrected chi connectivity index (χ2v) is 4.41. The van der Waals surface area contributed by atoms with Crippen LogP contribution >= 0.6 is 0 Å². The molecule has 1 aliphatic heterocycles. The molecular weight excluding hydrogens is 223 g/mol. The van der Waals surface area contributed by atoms with Crippen molar-refractivity contribution in [2.75, 3.05) is 19.8 Å². The third kappa shape index (κ3) is 3.17. The average molecular weight is 240 g/mol. The van der Waals surface area contributed by atoms with E-state index in [1.807, 2.05) is 0 Å². The highest BCUT2D eigenvalue weighted by atomic mass is 19.1. The normalized spacial score (nSPS) is 21.5. The summed E-state index contributed by atoms with van der Waals surface area (Å²) in [6, 6.07) is 4.36. The smallest absolute Gasteiger partial charge is 0.123 e. The Morgan fingerprint density at radius 1 is 1.59 bits per heavy atom. The van der Waals surface area contributed by atoms with Gasteiger partial charge >= 0.3 is 0 Å². The van der Waals surface area contributed by atoms with E-state index in [4.69, 9.17) is 9.47 Å². The van der Waals surface area contributed by atoms with E-state index in [1.165, 1.54) is 12.1 Å². The van der Waals surface area contributed by atoms with Gasteiger partial charge in [-0.15, -0.1) is 0 Å². The first kappa shape index (κ1) is 12.3. The summed E-state index contributed by atoms with van der Waals surface area (Å²) in [5, 5.41) is 9.88. The van der Waals surface area contributed by atoms with E-state index >= 15 is 0 Å². The predicted molar refractivity (Wildman–Crippen MR) is 61.6 cm³/mol. The molecule has 1 aliphatic rings. The molecule has 2 unspecified atom stereocenters. The molecule has 0 bridgehead atoms. The average Bonchev–Trinajstić information content (AvgIpc) is 2.81. The predicted octanol–water partition coefficient (Wildman–Crippen LogP) is 1.91. The Bertz CT molecular complexity index is 375. The molecule has 1 N–H and O–H groups in total. The van der Waals surface area contributed by atoms with Crippen LogP contribution in [-0.4, -0.2) is 31.0 Å². The summed E-state index contributed by atoms with van der Waals surface area (Å²) in [6.45, 7) is 3.30. The van der Waals surface area contributed by atoms with Crippen molar-refractivity contribution >= 4 is 0 Å². The van der Waals surface area contributed by atoms with Gasteiger partial charge in [-0.2, -0.15) is 0 Å². The van der Waals surface area contributed by atoms with Crippen molar-refractivity contribution in [1.29, 1.82) is 0 Å². The van der Waals surface area contributed by atoms with Gasteiger partial charge < -0.3 is 14.6 Å². The van der Waals surface area contributed by atoms with Gasteiger partial charge in [0.05, 0.1) is 12.7 Å². The standard InChI is InChI=1S/C13H17FO3/c1-9-6-11(14)2-3-13(9)17-8-12(15)10-4-5-16-7-10/h2-3,6,10,12,15H,4-5,7-8H2,1H3. The van der Waals surface area contributed by atoms with Gasteiger partial charge in [0, 0.05) is 12.5 Å². The summed E-state index contributed by atoms with van der Waals surface area (Å²) < 4.78 is 23.6. The highest BCUT2D eigenvalue weighted by Gasteiger charge is 2.24. The van der Waals surface area contributed by atoms with E-state index in [9.17, 15) is 9.50 Å². The molecule has 0 spiro atoms. The van der Waals surface area contributed by atoms with Crippen molar-refractivity contribution < 1.29 is 19.0 Å². The zero-order valence-corrected chi connectivity index (χ0v) is 9.86. The van der Waals surface area contributed by atoms with Gasteiger partial charge in [-0.05, 0) is 37.1 Å². The molecular formula is C13H17FO3. The van der Waals surface area contributed by atoms with Crippen LogP contribution in [0.4, 0.5) is 4.39 Å². The monoisotopic (exact) mass is 240 g/mol. The molecule has 3 nitrogen and oxygen atoms in total. The lowest BCUT2D eigenvalue weighted by atomic mass is 10.0. The van der Waals surface area contributed by atoms with Crippen LogP contribution in [0.5, 0.6) is 5.75 Å². The number of benzene rings is 1. The van der Waals surface area contributed by atoms with E-state index in [2.05, 4.69) is 0 Å². The van der Waals surface area contributed by atoms with E-state index < -0.39 is 6.10 Å². The molecule has 1 fully saturated rings. The molecule has 17 heavy (non-hydrogen) atoms. The first-order valence-electron chi connectivity index (χ1n) is 5.81. The zero-order chi connectivity index (χ0) is 12.3. The van der Waals surface area contributed by atoms with Crippen LogP contribution in [0.3, 0.4) is 0 Å². The van der Waals surface area contributed by atoms with Crippen LogP contribution in [0.25, 0.3) is 0 Å². The Morgan fingerprint density at radius 2 is 2.41 bits per heavy atom. The van der Waals surface area contributed by atoms with Crippen LogP contribution in [0, 0.1) is 18.7 Å². The van der Waals surface area contributed by atoms with E-state index in [0.717, 1.165) is 12.0 Å². The maximum atomic E-state index is 12.9. The van der Waals surface area contributed by atoms with E-state index in [0.29, 0.717) is 19.0 Å². The van der Waals surface area contributed by atoms with Gasteiger partial charge in [-0.3, -0.25) is 0 Å². The second kappa shape index (κ2) is 5.47. The third-order valence-electron chi connectivity index (χ3n) is 3.06. The Hall–Kier alpha value is -1.13. The molecule has 1 saturated heterocycles. The van der Waals surface area contributed by atoms with Crippen molar-refractivity contribution in [3.63, 3.8) is 0 Å². The summed E-state index contributed by atoms with van der Waals surface area (Å²) in [4.78, 5) is 0. The van der Waals surface area contributed by atoms with Gasteiger partial charge in [0.1, 0.15) is 18.2 Å². The summed E-state index contributed by atoms with van der Waals surface area (Å²) >= 11 is 0. The molecule has 0 saturated carbocycles. The van der Waals surface area contributed by atoms with E-state index in [-0.39, 0.29) is 18.3 Å². The number of hydrogen-bond donors (Lipinski definition) is 1. The number of aliphatic hydroxyl groups excluding tert-OH is 1. The lowest BCUT2D eigenvalue weighted by Gasteiger charge is -2.17. The lowest BCUT2D eigenvalue weighted by molar-refractivity contribution is 0.0497. The van der Waals surface area contributed by atoms with Crippen LogP contribution in [0.15, 0.2) is 18.2 Å². The Morgan fingerprint density at radius 3 is 3.06 bits per heavy atom. The Balaban J connectivity index is 1.88. The molecule has 4 heteroatoms. The summed E-state index contributed by atoms with van der Waals surface area (Å²) in [6.07, 6.45) is 0.342. The number of rotatable bonds is 4. The largest absolute Gasteiger partial charge is 0.491 e. The van der Waals surface area contributed by atoms with Crippen molar-refractivity contribution in [3.05, 3.63) is 29.6 Å². The topological polar surface area (TPSA) is 38.7 Å². The van der Waals surface area contributed by atoms with Crippen molar-refractivity contribution in [2.45, 2.75) is 19.4 Å². The summed E-state index contributed by atoms with van der Waals surface area (Å²) in [5.41, 5.74) is 0.736. The fraction of sp³-hybridized carbons (Fsp3) is 0.538. The lowest BCUT2D eigenvalue weighted by Crippen LogP contribution is -2.27. The molecule has 2 rings (SSSR count). The maximum Gasteiger partial charge on any atom is 0.123 e. The molecule has 1 aromatic rings. The van der Waals surface area contributed by atoms with Gasteiger partial charge in [0.2, 0.25) is 0 Å². The molecule has 0 radical (unpaired) electrons. The van der Waals surface area contributed by atoms with Crippen LogP contribution in [-0.2, 0) is 4.74 Å². The Labute approximate surface area is 100 Å². The van der Waals surface area contributed by atoms with E-state index in [1.54, 1.807) is 13.0 Å². The number of aryl methyl sites for hydroxylation is 1. The quantitative estimate of drug-likeness (QED) is 0.873. The first-order chi connectivity index (χ1) is 8.16. The molecule has 94 valence electrons. The summed E-state index contributed by atoms with van der Waals surface area (Å²) in [5.74, 6) is 0.486.